The van der Waals surface area contributed by atoms with Crippen molar-refractivity contribution in [3.8, 4) is 17.1 Å². The summed E-state index contributed by atoms with van der Waals surface area (Å²) in [5.41, 5.74) is 11.2. The summed E-state index contributed by atoms with van der Waals surface area (Å²) in [6.07, 6.45) is 3.45. The Morgan fingerprint density at radius 1 is 1.09 bits per heavy atom. The SMILES string of the molecule is Cc1cccc(-c2ccn(-c3cc(N4CCOCC4)c(N)c(N(C)C(=O)c4ccccn4)n3)n2)c1. The number of nitrogens with zero attached hydrogens (tertiary/aromatic N) is 6. The van der Waals surface area contributed by atoms with Crippen LogP contribution in [0.1, 0.15) is 16.1 Å². The number of nitrogens with two attached hydrogens (primary N) is 1. The van der Waals surface area contributed by atoms with E-state index in [1.54, 1.807) is 36.1 Å². The van der Waals surface area contributed by atoms with Crippen molar-refractivity contribution in [3.05, 3.63) is 78.2 Å². The highest BCUT2D eigenvalue weighted by atomic mass is 16.5. The van der Waals surface area contributed by atoms with Crippen molar-refractivity contribution in [2.24, 2.45) is 0 Å². The maximum atomic E-state index is 13.2. The second-order valence-electron chi connectivity index (χ2n) is 8.43. The predicted octanol–water partition coefficient (Wildman–Crippen LogP) is 3.33. The molecule has 0 bridgehead atoms. The van der Waals surface area contributed by atoms with E-state index < -0.39 is 0 Å². The van der Waals surface area contributed by atoms with Gasteiger partial charge < -0.3 is 15.4 Å². The summed E-state index contributed by atoms with van der Waals surface area (Å²) in [6.45, 7) is 4.65. The van der Waals surface area contributed by atoms with Crippen molar-refractivity contribution >= 4 is 23.1 Å². The van der Waals surface area contributed by atoms with E-state index in [1.807, 2.05) is 30.5 Å². The van der Waals surface area contributed by atoms with Gasteiger partial charge in [0.25, 0.3) is 5.91 Å². The maximum Gasteiger partial charge on any atom is 0.277 e. The van der Waals surface area contributed by atoms with Crippen LogP contribution in [0.3, 0.4) is 0 Å². The number of pyridine rings is 2. The Morgan fingerprint density at radius 2 is 1.91 bits per heavy atom. The molecule has 1 aliphatic rings. The van der Waals surface area contributed by atoms with Crippen LogP contribution in [-0.4, -0.2) is 59.0 Å². The fourth-order valence-corrected chi connectivity index (χ4v) is 4.12. The molecule has 0 saturated carbocycles. The van der Waals surface area contributed by atoms with Crippen molar-refractivity contribution in [1.82, 2.24) is 19.7 Å². The van der Waals surface area contributed by atoms with Crippen molar-refractivity contribution in [1.29, 1.82) is 0 Å². The lowest BCUT2D eigenvalue weighted by Gasteiger charge is -2.31. The molecule has 0 aliphatic carbocycles. The zero-order chi connectivity index (χ0) is 24.4. The van der Waals surface area contributed by atoms with Crippen LogP contribution < -0.4 is 15.5 Å². The molecule has 4 heterocycles. The molecule has 35 heavy (non-hydrogen) atoms. The van der Waals surface area contributed by atoms with Crippen LogP contribution in [0.4, 0.5) is 17.2 Å². The Labute approximate surface area is 203 Å². The molecule has 1 amide bonds. The van der Waals surface area contributed by atoms with Gasteiger partial charge >= 0.3 is 0 Å². The summed E-state index contributed by atoms with van der Waals surface area (Å²) in [4.78, 5) is 25.7. The van der Waals surface area contributed by atoms with Gasteiger partial charge in [-0.1, -0.05) is 29.8 Å². The molecule has 4 aromatic rings. The summed E-state index contributed by atoms with van der Waals surface area (Å²) in [7, 11) is 1.66. The van der Waals surface area contributed by atoms with Gasteiger partial charge in [0, 0.05) is 44.2 Å². The van der Waals surface area contributed by atoms with E-state index in [2.05, 4.69) is 28.9 Å². The first-order valence-corrected chi connectivity index (χ1v) is 11.5. The van der Waals surface area contributed by atoms with Crippen molar-refractivity contribution in [2.75, 3.05) is 48.9 Å². The number of ether oxygens (including phenoxy) is 1. The molecule has 0 radical (unpaired) electrons. The van der Waals surface area contributed by atoms with Gasteiger partial charge in [-0.3, -0.25) is 14.7 Å². The second kappa shape index (κ2) is 9.55. The van der Waals surface area contributed by atoms with E-state index in [4.69, 9.17) is 20.6 Å². The Bertz CT molecular complexity index is 1350. The number of anilines is 3. The fourth-order valence-electron chi connectivity index (χ4n) is 4.12. The molecule has 0 atom stereocenters. The van der Waals surface area contributed by atoms with Crippen molar-refractivity contribution in [3.63, 3.8) is 0 Å². The van der Waals surface area contributed by atoms with Gasteiger partial charge in [-0.15, -0.1) is 0 Å². The van der Waals surface area contributed by atoms with Crippen LogP contribution in [0.2, 0.25) is 0 Å². The van der Waals surface area contributed by atoms with Crippen LogP contribution >= 0.6 is 0 Å². The number of aromatic nitrogens is 4. The van der Waals surface area contributed by atoms with Crippen LogP contribution in [0.15, 0.2) is 67.0 Å². The Hall–Kier alpha value is -4.24. The van der Waals surface area contributed by atoms with Gasteiger partial charge in [0.05, 0.1) is 30.3 Å². The number of amides is 1. The van der Waals surface area contributed by atoms with E-state index >= 15 is 0 Å². The topological polar surface area (TPSA) is 102 Å². The van der Waals surface area contributed by atoms with Crippen molar-refractivity contribution < 1.29 is 9.53 Å². The average Bonchev–Trinajstić information content (AvgIpc) is 3.39. The molecule has 1 aromatic carbocycles. The number of nitrogen functional groups attached to an aromatic ring is 1. The lowest BCUT2D eigenvalue weighted by Crippen LogP contribution is -2.37. The number of rotatable bonds is 5. The van der Waals surface area contributed by atoms with E-state index in [1.165, 1.54) is 4.90 Å². The van der Waals surface area contributed by atoms with E-state index in [9.17, 15) is 4.79 Å². The van der Waals surface area contributed by atoms with Gasteiger partial charge in [0.15, 0.2) is 11.6 Å². The van der Waals surface area contributed by atoms with Gasteiger partial charge in [-0.25, -0.2) is 9.67 Å². The first kappa shape index (κ1) is 22.5. The Morgan fingerprint density at radius 3 is 2.66 bits per heavy atom. The molecule has 1 saturated heterocycles. The zero-order valence-corrected chi connectivity index (χ0v) is 19.8. The number of aryl methyl sites for hydroxylation is 1. The highest BCUT2D eigenvalue weighted by Crippen LogP contribution is 2.34. The Balaban J connectivity index is 1.58. The number of hydrogen-bond donors (Lipinski definition) is 1. The predicted molar refractivity (Wildman–Crippen MR) is 136 cm³/mol. The molecular weight excluding hydrogens is 442 g/mol. The van der Waals surface area contributed by atoms with Crippen LogP contribution in [0.25, 0.3) is 17.1 Å². The molecule has 9 nitrogen and oxygen atoms in total. The first-order chi connectivity index (χ1) is 17.0. The van der Waals surface area contributed by atoms with Gasteiger partial charge in [0.1, 0.15) is 5.69 Å². The molecule has 3 aromatic heterocycles. The minimum atomic E-state index is -0.296. The molecule has 2 N–H and O–H groups in total. The molecule has 5 rings (SSSR count). The number of hydrogen-bond acceptors (Lipinski definition) is 7. The van der Waals surface area contributed by atoms with Gasteiger partial charge in [0.2, 0.25) is 0 Å². The van der Waals surface area contributed by atoms with Crippen LogP contribution in [0.5, 0.6) is 0 Å². The third kappa shape index (κ3) is 4.58. The smallest absolute Gasteiger partial charge is 0.277 e. The molecule has 0 unspecified atom stereocenters. The van der Waals surface area contributed by atoms with Gasteiger partial charge in [-0.05, 0) is 31.2 Å². The number of carbonyl (C=O) groups is 1. The standard InChI is InChI=1S/C26H27N7O2/c1-18-6-5-7-19(16-18)20-9-11-33(30-20)23-17-22(32-12-14-35-15-13-32)24(27)25(29-23)31(2)26(34)21-8-3-4-10-28-21/h3-11,16-17H,12-15,27H2,1-2H3. The van der Waals surface area contributed by atoms with E-state index in [-0.39, 0.29) is 5.91 Å². The number of benzene rings is 1. The third-order valence-corrected chi connectivity index (χ3v) is 6.00. The molecule has 1 aliphatic heterocycles. The number of morpholine rings is 1. The zero-order valence-electron chi connectivity index (χ0n) is 19.8. The molecule has 1 fully saturated rings. The molecule has 0 spiro atoms. The summed E-state index contributed by atoms with van der Waals surface area (Å²) >= 11 is 0. The largest absolute Gasteiger partial charge is 0.394 e. The summed E-state index contributed by atoms with van der Waals surface area (Å²) in [5.74, 6) is 0.623. The lowest BCUT2D eigenvalue weighted by molar-refractivity contribution is 0.0987. The quantitative estimate of drug-likeness (QED) is 0.478. The number of carbonyl (C=O) groups excluding carboxylic acids is 1. The molecule has 9 heteroatoms. The normalized spacial score (nSPS) is 13.6. The minimum Gasteiger partial charge on any atom is -0.394 e. The third-order valence-electron chi connectivity index (χ3n) is 6.00. The Kier molecular flexibility index (Phi) is 6.15. The average molecular weight is 470 g/mol. The summed E-state index contributed by atoms with van der Waals surface area (Å²) in [6, 6.07) is 17.3. The summed E-state index contributed by atoms with van der Waals surface area (Å²) in [5, 5.41) is 4.77. The highest BCUT2D eigenvalue weighted by Gasteiger charge is 2.24. The van der Waals surface area contributed by atoms with Crippen LogP contribution in [0, 0.1) is 6.92 Å². The fraction of sp³-hybridized carbons (Fsp3) is 0.231. The van der Waals surface area contributed by atoms with Crippen molar-refractivity contribution in [2.45, 2.75) is 6.92 Å². The highest BCUT2D eigenvalue weighted by molar-refractivity contribution is 6.06. The minimum absolute atomic E-state index is 0.296. The van der Waals surface area contributed by atoms with Crippen LogP contribution in [-0.2, 0) is 4.74 Å². The van der Waals surface area contributed by atoms with E-state index in [0.717, 1.165) is 22.5 Å². The summed E-state index contributed by atoms with van der Waals surface area (Å²) < 4.78 is 7.24. The van der Waals surface area contributed by atoms with Gasteiger partial charge in [-0.2, -0.15) is 5.10 Å². The van der Waals surface area contributed by atoms with E-state index in [0.29, 0.717) is 49.3 Å². The second-order valence-corrected chi connectivity index (χ2v) is 8.43. The monoisotopic (exact) mass is 469 g/mol. The molecular formula is C26H27N7O2. The lowest BCUT2D eigenvalue weighted by atomic mass is 10.1. The molecule has 178 valence electrons. The maximum absolute atomic E-state index is 13.2. The first-order valence-electron chi connectivity index (χ1n) is 11.5.